The van der Waals surface area contributed by atoms with Crippen molar-refractivity contribution in [3.05, 3.63) is 71.4 Å². The summed E-state index contributed by atoms with van der Waals surface area (Å²) in [6.45, 7) is 1.59. The summed E-state index contributed by atoms with van der Waals surface area (Å²) in [6.07, 6.45) is 2.22. The smallest absolute Gasteiger partial charge is 0.339 e. The van der Waals surface area contributed by atoms with Crippen molar-refractivity contribution in [2.24, 2.45) is 5.73 Å². The molecule has 1 fully saturated rings. The minimum Gasteiger partial charge on any atom is -0.478 e. The van der Waals surface area contributed by atoms with E-state index in [2.05, 4.69) is 27.8 Å². The molecule has 3 aromatic rings. The zero-order chi connectivity index (χ0) is 20.4. The van der Waals surface area contributed by atoms with E-state index in [4.69, 9.17) is 5.73 Å². The third-order valence-corrected chi connectivity index (χ3v) is 5.43. The maximum Gasteiger partial charge on any atom is 0.339 e. The van der Waals surface area contributed by atoms with Crippen LogP contribution in [-0.2, 0) is 0 Å². The van der Waals surface area contributed by atoms with E-state index in [1.165, 1.54) is 11.8 Å². The molecule has 1 aliphatic heterocycles. The number of anilines is 1. The van der Waals surface area contributed by atoms with Crippen LogP contribution >= 0.6 is 0 Å². The lowest BCUT2D eigenvalue weighted by Crippen LogP contribution is -2.44. The number of carbonyl (C=O) groups excluding carboxylic acids is 1. The maximum absolute atomic E-state index is 11.9. The number of nitrogens with two attached hydrogens (primary N) is 1. The van der Waals surface area contributed by atoms with Crippen LogP contribution < -0.4 is 16.4 Å². The van der Waals surface area contributed by atoms with Gasteiger partial charge in [-0.25, -0.2) is 4.79 Å². The SMILES string of the molecule is NC(=O)c1cccc2c(NC3CNCCC3c3ccccc3)c(C(=O)O)cnc12. The summed E-state index contributed by atoms with van der Waals surface area (Å²) < 4.78 is 0. The molecule has 148 valence electrons. The van der Waals surface area contributed by atoms with E-state index >= 15 is 0 Å². The molecule has 7 heteroatoms. The van der Waals surface area contributed by atoms with Crippen LogP contribution in [-0.4, -0.2) is 41.1 Å². The second-order valence-electron chi connectivity index (χ2n) is 7.18. The van der Waals surface area contributed by atoms with Crippen molar-refractivity contribution in [1.82, 2.24) is 10.3 Å². The molecule has 0 bridgehead atoms. The molecule has 2 heterocycles. The molecule has 1 saturated heterocycles. The Hall–Kier alpha value is -3.45. The quantitative estimate of drug-likeness (QED) is 0.532. The van der Waals surface area contributed by atoms with Gasteiger partial charge in [-0.2, -0.15) is 0 Å². The summed E-state index contributed by atoms with van der Waals surface area (Å²) in [4.78, 5) is 27.9. The number of hydrogen-bond acceptors (Lipinski definition) is 5. The average molecular weight is 390 g/mol. The molecule has 1 aromatic heterocycles. The van der Waals surface area contributed by atoms with E-state index in [0.29, 0.717) is 23.1 Å². The number of primary amides is 1. The number of rotatable bonds is 5. The lowest BCUT2D eigenvalue weighted by Gasteiger charge is -2.34. The number of para-hydroxylation sites is 1. The Morgan fingerprint density at radius 2 is 1.90 bits per heavy atom. The Bertz CT molecular complexity index is 1070. The first-order chi connectivity index (χ1) is 14.1. The number of nitrogens with one attached hydrogen (secondary N) is 2. The fourth-order valence-electron chi connectivity index (χ4n) is 4.03. The first-order valence-corrected chi connectivity index (χ1v) is 9.53. The van der Waals surface area contributed by atoms with Gasteiger partial charge < -0.3 is 21.5 Å². The van der Waals surface area contributed by atoms with E-state index in [0.717, 1.165) is 13.0 Å². The van der Waals surface area contributed by atoms with Gasteiger partial charge in [0, 0.05) is 30.1 Å². The molecular formula is C22H22N4O3. The third kappa shape index (κ3) is 3.64. The number of carbonyl (C=O) groups is 2. The number of amides is 1. The molecule has 2 atom stereocenters. The summed E-state index contributed by atoms with van der Waals surface area (Å²) in [5.74, 6) is -1.45. The van der Waals surface area contributed by atoms with Crippen LogP contribution in [0.4, 0.5) is 5.69 Å². The Morgan fingerprint density at radius 1 is 1.10 bits per heavy atom. The van der Waals surface area contributed by atoms with E-state index < -0.39 is 11.9 Å². The summed E-state index contributed by atoms with van der Waals surface area (Å²) in [5, 5.41) is 17.1. The van der Waals surface area contributed by atoms with Crippen molar-refractivity contribution in [2.45, 2.75) is 18.4 Å². The van der Waals surface area contributed by atoms with Crippen LogP contribution in [0.5, 0.6) is 0 Å². The van der Waals surface area contributed by atoms with E-state index in [9.17, 15) is 14.7 Å². The van der Waals surface area contributed by atoms with Gasteiger partial charge in [0.05, 0.1) is 16.8 Å². The first-order valence-electron chi connectivity index (χ1n) is 9.53. The van der Waals surface area contributed by atoms with Crippen molar-refractivity contribution in [3.8, 4) is 0 Å². The molecule has 1 amide bonds. The van der Waals surface area contributed by atoms with Gasteiger partial charge in [0.1, 0.15) is 5.56 Å². The van der Waals surface area contributed by atoms with Crippen LogP contribution in [0, 0.1) is 0 Å². The highest BCUT2D eigenvalue weighted by Gasteiger charge is 2.28. The molecule has 2 aromatic carbocycles. The molecular weight excluding hydrogens is 368 g/mol. The van der Waals surface area contributed by atoms with Gasteiger partial charge in [-0.15, -0.1) is 0 Å². The van der Waals surface area contributed by atoms with Gasteiger partial charge in [0.25, 0.3) is 5.91 Å². The van der Waals surface area contributed by atoms with Crippen LogP contribution in [0.3, 0.4) is 0 Å². The second kappa shape index (κ2) is 7.89. The molecule has 5 N–H and O–H groups in total. The Balaban J connectivity index is 1.81. The summed E-state index contributed by atoms with van der Waals surface area (Å²) in [5.41, 5.74) is 7.88. The zero-order valence-corrected chi connectivity index (χ0v) is 15.8. The molecule has 7 nitrogen and oxygen atoms in total. The Morgan fingerprint density at radius 3 is 2.62 bits per heavy atom. The topological polar surface area (TPSA) is 117 Å². The molecule has 4 rings (SSSR count). The molecule has 0 saturated carbocycles. The fourth-order valence-corrected chi connectivity index (χ4v) is 4.03. The second-order valence-corrected chi connectivity index (χ2v) is 7.18. The average Bonchev–Trinajstić information content (AvgIpc) is 2.74. The van der Waals surface area contributed by atoms with E-state index in [1.807, 2.05) is 18.2 Å². The van der Waals surface area contributed by atoms with Crippen LogP contribution in [0.25, 0.3) is 10.9 Å². The minimum absolute atomic E-state index is 0.0212. The highest BCUT2D eigenvalue weighted by Crippen LogP contribution is 2.33. The number of carboxylic acid groups (broad SMARTS) is 1. The number of benzene rings is 2. The van der Waals surface area contributed by atoms with Crippen molar-refractivity contribution < 1.29 is 14.7 Å². The van der Waals surface area contributed by atoms with Crippen LogP contribution in [0.1, 0.15) is 38.6 Å². The molecule has 0 aliphatic carbocycles. The monoisotopic (exact) mass is 390 g/mol. The standard InChI is InChI=1S/C22H22N4O3/c23-21(27)16-8-4-7-15-19(16)25-11-17(22(28)29)20(15)26-18-12-24-10-9-14(18)13-5-2-1-3-6-13/h1-8,11,14,18,24H,9-10,12H2,(H2,23,27)(H,25,26)(H,28,29). The molecule has 0 spiro atoms. The maximum atomic E-state index is 11.9. The van der Waals surface area contributed by atoms with E-state index in [1.54, 1.807) is 18.2 Å². The number of hydrogen-bond donors (Lipinski definition) is 4. The first kappa shape index (κ1) is 18.9. The minimum atomic E-state index is -1.08. The van der Waals surface area contributed by atoms with Gasteiger partial charge in [-0.05, 0) is 24.6 Å². The predicted octanol–water partition coefficient (Wildman–Crippen LogP) is 2.59. The van der Waals surface area contributed by atoms with Crippen molar-refractivity contribution in [1.29, 1.82) is 0 Å². The summed E-state index contributed by atoms with van der Waals surface area (Å²) >= 11 is 0. The predicted molar refractivity (Wildman–Crippen MR) is 111 cm³/mol. The molecule has 0 radical (unpaired) electrons. The lowest BCUT2D eigenvalue weighted by atomic mass is 9.85. The summed E-state index contributed by atoms with van der Waals surface area (Å²) in [6, 6.07) is 15.2. The number of nitrogens with zero attached hydrogens (tertiary/aromatic N) is 1. The normalized spacial score (nSPS) is 19.0. The van der Waals surface area contributed by atoms with Gasteiger partial charge in [0.15, 0.2) is 0 Å². The Kier molecular flexibility index (Phi) is 5.14. The molecule has 2 unspecified atom stereocenters. The molecule has 29 heavy (non-hydrogen) atoms. The van der Waals surface area contributed by atoms with Gasteiger partial charge in [-0.3, -0.25) is 9.78 Å². The van der Waals surface area contributed by atoms with Crippen LogP contribution in [0.15, 0.2) is 54.7 Å². The number of aromatic carboxylic acids is 1. The zero-order valence-electron chi connectivity index (χ0n) is 15.8. The lowest BCUT2D eigenvalue weighted by molar-refractivity contribution is 0.0697. The third-order valence-electron chi connectivity index (χ3n) is 5.43. The van der Waals surface area contributed by atoms with Crippen LogP contribution in [0.2, 0.25) is 0 Å². The molecule has 1 aliphatic rings. The van der Waals surface area contributed by atoms with Gasteiger partial charge >= 0.3 is 5.97 Å². The van der Waals surface area contributed by atoms with E-state index in [-0.39, 0.29) is 23.1 Å². The van der Waals surface area contributed by atoms with Crippen molar-refractivity contribution in [2.75, 3.05) is 18.4 Å². The summed E-state index contributed by atoms with van der Waals surface area (Å²) in [7, 11) is 0. The van der Waals surface area contributed by atoms with Crippen molar-refractivity contribution in [3.63, 3.8) is 0 Å². The highest BCUT2D eigenvalue weighted by atomic mass is 16.4. The fraction of sp³-hybridized carbons (Fsp3) is 0.227. The number of carboxylic acids is 1. The Labute approximate surface area is 167 Å². The van der Waals surface area contributed by atoms with Gasteiger partial charge in [-0.1, -0.05) is 42.5 Å². The number of piperidine rings is 1. The largest absolute Gasteiger partial charge is 0.478 e. The number of fused-ring (bicyclic) bond motifs is 1. The van der Waals surface area contributed by atoms with Crippen molar-refractivity contribution >= 4 is 28.5 Å². The highest BCUT2D eigenvalue weighted by molar-refractivity contribution is 6.11. The number of pyridine rings is 1. The number of aromatic nitrogens is 1. The van der Waals surface area contributed by atoms with Gasteiger partial charge in [0.2, 0.25) is 0 Å².